The fourth-order valence-corrected chi connectivity index (χ4v) is 3.84. The Kier molecular flexibility index (Phi) is 5.01. The predicted molar refractivity (Wildman–Crippen MR) is 106 cm³/mol. The molecule has 28 heavy (non-hydrogen) atoms. The summed E-state index contributed by atoms with van der Waals surface area (Å²) in [5, 5.41) is 3.04. The summed E-state index contributed by atoms with van der Waals surface area (Å²) in [6.45, 7) is 0.426. The van der Waals surface area contributed by atoms with Gasteiger partial charge in [0.15, 0.2) is 0 Å². The molecule has 3 aromatic rings. The van der Waals surface area contributed by atoms with E-state index in [2.05, 4.69) is 5.32 Å². The fraction of sp³-hybridized carbons (Fsp3) is 0.136. The lowest BCUT2D eigenvalue weighted by molar-refractivity contribution is 0.194. The van der Waals surface area contributed by atoms with E-state index >= 15 is 0 Å². The molecule has 1 atom stereocenters. The highest BCUT2D eigenvalue weighted by Gasteiger charge is 2.33. The van der Waals surface area contributed by atoms with Crippen molar-refractivity contribution < 1.29 is 13.6 Å². The van der Waals surface area contributed by atoms with Gasteiger partial charge in [0.2, 0.25) is 0 Å². The van der Waals surface area contributed by atoms with Crippen LogP contribution >= 0.6 is 11.6 Å². The molecule has 0 bridgehead atoms. The third-order valence-corrected chi connectivity index (χ3v) is 5.26. The number of nitrogens with zero attached hydrogens (tertiary/aromatic N) is 1. The Bertz CT molecular complexity index is 1040. The zero-order valence-corrected chi connectivity index (χ0v) is 15.6. The first kappa shape index (κ1) is 18.4. The number of nitrogens with one attached hydrogen (secondary N) is 1. The molecule has 0 aromatic heterocycles. The summed E-state index contributed by atoms with van der Waals surface area (Å²) >= 11 is 6.43. The van der Waals surface area contributed by atoms with Gasteiger partial charge in [-0.1, -0.05) is 54.1 Å². The lowest BCUT2D eigenvalue weighted by Gasteiger charge is -2.38. The highest BCUT2D eigenvalue weighted by molar-refractivity contribution is 6.31. The lowest BCUT2D eigenvalue weighted by Crippen LogP contribution is -2.43. The summed E-state index contributed by atoms with van der Waals surface area (Å²) in [6.07, 6.45) is 0.663. The number of carbonyl (C=O) groups is 1. The SMILES string of the molecule is O=C(Nc1cc(F)ccc1F)N1CCc2ccccc2[C@H]1c1ccccc1Cl. The molecule has 3 nitrogen and oxygen atoms in total. The number of benzene rings is 3. The van der Waals surface area contributed by atoms with Gasteiger partial charge in [-0.25, -0.2) is 13.6 Å². The number of anilines is 1. The van der Waals surface area contributed by atoms with Crippen LogP contribution < -0.4 is 5.32 Å². The van der Waals surface area contributed by atoms with E-state index in [9.17, 15) is 13.6 Å². The Hall–Kier alpha value is -2.92. The summed E-state index contributed by atoms with van der Waals surface area (Å²) < 4.78 is 27.5. The van der Waals surface area contributed by atoms with Gasteiger partial charge in [0, 0.05) is 17.6 Å². The number of hydrogen-bond donors (Lipinski definition) is 1. The Morgan fingerprint density at radius 2 is 1.71 bits per heavy atom. The van der Waals surface area contributed by atoms with Gasteiger partial charge in [0.25, 0.3) is 0 Å². The standard InChI is InChI=1S/C22H17ClF2N2O/c23-18-8-4-3-7-17(18)21-16-6-2-1-5-14(16)11-12-27(21)22(28)26-20-13-15(24)9-10-19(20)25/h1-10,13,21H,11-12H2,(H,26,28)/t21-/m0/s1. The van der Waals surface area contributed by atoms with Gasteiger partial charge in [-0.15, -0.1) is 0 Å². The third-order valence-electron chi connectivity index (χ3n) is 4.91. The second kappa shape index (κ2) is 7.60. The molecule has 1 aliphatic heterocycles. The smallest absolute Gasteiger partial charge is 0.313 e. The Labute approximate surface area is 166 Å². The zero-order chi connectivity index (χ0) is 19.7. The van der Waals surface area contributed by atoms with Crippen LogP contribution in [0.3, 0.4) is 0 Å². The molecule has 0 spiro atoms. The van der Waals surface area contributed by atoms with Crippen molar-refractivity contribution in [2.45, 2.75) is 12.5 Å². The van der Waals surface area contributed by atoms with Gasteiger partial charge in [0.05, 0.1) is 11.7 Å². The average Bonchev–Trinajstić information content (AvgIpc) is 2.70. The largest absolute Gasteiger partial charge is 0.322 e. The van der Waals surface area contributed by atoms with Crippen molar-refractivity contribution in [1.29, 1.82) is 0 Å². The number of halogens is 3. The predicted octanol–water partition coefficient (Wildman–Crippen LogP) is 5.80. The monoisotopic (exact) mass is 398 g/mol. The number of carbonyl (C=O) groups excluding carboxylic acids is 1. The third kappa shape index (κ3) is 3.45. The molecule has 4 rings (SSSR count). The van der Waals surface area contributed by atoms with Gasteiger partial charge in [-0.3, -0.25) is 0 Å². The molecule has 0 fully saturated rings. The summed E-state index contributed by atoms with van der Waals surface area (Å²) in [6, 6.07) is 17.2. The van der Waals surface area contributed by atoms with E-state index in [1.165, 1.54) is 0 Å². The van der Waals surface area contributed by atoms with E-state index in [1.54, 1.807) is 11.0 Å². The highest BCUT2D eigenvalue weighted by atomic mass is 35.5. The maximum absolute atomic E-state index is 14.0. The van der Waals surface area contributed by atoms with Crippen molar-refractivity contribution in [2.75, 3.05) is 11.9 Å². The zero-order valence-electron chi connectivity index (χ0n) is 14.8. The summed E-state index contributed by atoms with van der Waals surface area (Å²) in [5.74, 6) is -1.32. The minimum atomic E-state index is -0.693. The first-order valence-corrected chi connectivity index (χ1v) is 9.27. The molecule has 0 radical (unpaired) electrons. The van der Waals surface area contributed by atoms with E-state index < -0.39 is 23.7 Å². The molecule has 1 heterocycles. The summed E-state index contributed by atoms with van der Waals surface area (Å²) in [4.78, 5) is 14.6. The van der Waals surface area contributed by atoms with Crippen LogP contribution in [0.4, 0.5) is 19.3 Å². The van der Waals surface area contributed by atoms with Gasteiger partial charge >= 0.3 is 6.03 Å². The fourth-order valence-electron chi connectivity index (χ4n) is 3.60. The lowest BCUT2D eigenvalue weighted by atomic mass is 9.88. The number of urea groups is 1. The number of fused-ring (bicyclic) bond motifs is 1. The van der Waals surface area contributed by atoms with E-state index in [1.807, 2.05) is 42.5 Å². The number of hydrogen-bond acceptors (Lipinski definition) is 1. The van der Waals surface area contributed by atoms with Gasteiger partial charge in [0.1, 0.15) is 11.6 Å². The van der Waals surface area contributed by atoms with E-state index in [0.717, 1.165) is 34.9 Å². The number of amides is 2. The van der Waals surface area contributed by atoms with Crippen molar-refractivity contribution in [2.24, 2.45) is 0 Å². The molecule has 0 saturated carbocycles. The van der Waals surface area contributed by atoms with E-state index in [0.29, 0.717) is 18.0 Å². The highest BCUT2D eigenvalue weighted by Crippen LogP contribution is 2.38. The molecule has 1 aliphatic rings. The molecular formula is C22H17ClF2N2O. The maximum atomic E-state index is 14.0. The van der Waals surface area contributed by atoms with Crippen LogP contribution in [-0.4, -0.2) is 17.5 Å². The van der Waals surface area contributed by atoms with Crippen molar-refractivity contribution in [3.8, 4) is 0 Å². The van der Waals surface area contributed by atoms with Crippen LogP contribution in [0.25, 0.3) is 0 Å². The molecule has 0 saturated heterocycles. The molecule has 1 N–H and O–H groups in total. The first-order chi connectivity index (χ1) is 13.5. The molecule has 3 aromatic carbocycles. The topological polar surface area (TPSA) is 32.3 Å². The van der Waals surface area contributed by atoms with Crippen molar-refractivity contribution in [3.63, 3.8) is 0 Å². The molecule has 0 aliphatic carbocycles. The van der Waals surface area contributed by atoms with Crippen LogP contribution in [0.2, 0.25) is 5.02 Å². The minimum Gasteiger partial charge on any atom is -0.313 e. The Morgan fingerprint density at radius 1 is 1.00 bits per heavy atom. The molecule has 2 amide bonds. The van der Waals surface area contributed by atoms with Crippen molar-refractivity contribution in [1.82, 2.24) is 4.90 Å². The Balaban J connectivity index is 1.74. The molecular weight excluding hydrogens is 382 g/mol. The van der Waals surface area contributed by atoms with E-state index in [4.69, 9.17) is 11.6 Å². The molecule has 6 heteroatoms. The van der Waals surface area contributed by atoms with Crippen LogP contribution in [0.15, 0.2) is 66.7 Å². The first-order valence-electron chi connectivity index (χ1n) is 8.89. The van der Waals surface area contributed by atoms with Gasteiger partial charge in [-0.05, 0) is 41.3 Å². The van der Waals surface area contributed by atoms with Crippen molar-refractivity contribution in [3.05, 3.63) is 100 Å². The maximum Gasteiger partial charge on any atom is 0.322 e. The van der Waals surface area contributed by atoms with Crippen LogP contribution in [0, 0.1) is 11.6 Å². The second-order valence-electron chi connectivity index (χ2n) is 6.62. The summed E-state index contributed by atoms with van der Waals surface area (Å²) in [7, 11) is 0. The minimum absolute atomic E-state index is 0.193. The van der Waals surface area contributed by atoms with Crippen molar-refractivity contribution >= 4 is 23.3 Å². The second-order valence-corrected chi connectivity index (χ2v) is 7.03. The van der Waals surface area contributed by atoms with Gasteiger partial charge < -0.3 is 10.2 Å². The molecule has 0 unspecified atom stereocenters. The average molecular weight is 399 g/mol. The van der Waals surface area contributed by atoms with Gasteiger partial charge in [-0.2, -0.15) is 0 Å². The number of rotatable bonds is 2. The Morgan fingerprint density at radius 3 is 2.50 bits per heavy atom. The van der Waals surface area contributed by atoms with E-state index in [-0.39, 0.29) is 5.69 Å². The van der Waals surface area contributed by atoms with Crippen LogP contribution in [-0.2, 0) is 6.42 Å². The quantitative estimate of drug-likeness (QED) is 0.581. The summed E-state index contributed by atoms with van der Waals surface area (Å²) in [5.41, 5.74) is 2.69. The van der Waals surface area contributed by atoms with Crippen LogP contribution in [0.5, 0.6) is 0 Å². The molecule has 142 valence electrons. The van der Waals surface area contributed by atoms with Crippen LogP contribution in [0.1, 0.15) is 22.7 Å². The normalized spacial score (nSPS) is 15.8.